The molecule has 2 aromatic carbocycles. The molecular formula is C28H33N5O4S. The van der Waals surface area contributed by atoms with E-state index in [0.29, 0.717) is 48.1 Å². The number of nitrogens with zero attached hydrogens (tertiary/aromatic N) is 5. The maximum atomic E-state index is 13.9. The van der Waals surface area contributed by atoms with Crippen molar-refractivity contribution in [2.75, 3.05) is 27.0 Å². The van der Waals surface area contributed by atoms with Gasteiger partial charge in [-0.2, -0.15) is 0 Å². The molecule has 3 aromatic rings. The Labute approximate surface area is 226 Å². The third kappa shape index (κ3) is 5.40. The Morgan fingerprint density at radius 2 is 1.76 bits per heavy atom. The molecule has 9 nitrogen and oxygen atoms in total. The molecule has 10 heteroatoms. The van der Waals surface area contributed by atoms with Crippen molar-refractivity contribution in [3.63, 3.8) is 0 Å². The number of methoxy groups -OCH3 is 2. The van der Waals surface area contributed by atoms with E-state index in [0.717, 1.165) is 39.2 Å². The van der Waals surface area contributed by atoms with Crippen molar-refractivity contribution in [3.8, 4) is 22.8 Å². The lowest BCUT2D eigenvalue weighted by atomic mass is 9.97. The molecule has 0 unspecified atom stereocenters. The summed E-state index contributed by atoms with van der Waals surface area (Å²) in [5.74, 6) is 1.27. The van der Waals surface area contributed by atoms with Crippen LogP contribution in [0.1, 0.15) is 22.3 Å². The Kier molecular flexibility index (Phi) is 8.41. The number of ether oxygens (including phenoxy) is 2. The Bertz CT molecular complexity index is 1530. The first-order valence-corrected chi connectivity index (χ1v) is 13.5. The minimum Gasteiger partial charge on any atom is -0.493 e. The Balaban J connectivity index is 1.95. The first kappa shape index (κ1) is 27.3. The lowest BCUT2D eigenvalue weighted by Gasteiger charge is -2.24. The van der Waals surface area contributed by atoms with Crippen LogP contribution in [-0.2, 0) is 19.5 Å². The minimum atomic E-state index is -0.152. The molecule has 0 saturated heterocycles. The van der Waals surface area contributed by atoms with Crippen molar-refractivity contribution in [2.24, 2.45) is 15.1 Å². The second-order valence-corrected chi connectivity index (χ2v) is 9.94. The van der Waals surface area contributed by atoms with Crippen LogP contribution in [-0.4, -0.2) is 52.6 Å². The van der Waals surface area contributed by atoms with Crippen LogP contribution >= 0.6 is 11.8 Å². The molecule has 0 saturated carbocycles. The molecule has 200 valence electrons. The van der Waals surface area contributed by atoms with Gasteiger partial charge in [-0.15, -0.1) is 11.8 Å². The van der Waals surface area contributed by atoms with Gasteiger partial charge in [0.05, 0.1) is 38.4 Å². The van der Waals surface area contributed by atoms with Gasteiger partial charge in [-0.25, -0.2) is 9.79 Å². The van der Waals surface area contributed by atoms with Crippen LogP contribution in [0.5, 0.6) is 11.5 Å². The predicted molar refractivity (Wildman–Crippen MR) is 153 cm³/mol. The highest BCUT2D eigenvalue weighted by atomic mass is 32.2. The molecule has 0 spiro atoms. The van der Waals surface area contributed by atoms with Crippen LogP contribution in [0.25, 0.3) is 11.3 Å². The summed E-state index contributed by atoms with van der Waals surface area (Å²) in [7, 11) is 3.22. The number of aliphatic imine (C=N–C) groups is 1. The van der Waals surface area contributed by atoms with Gasteiger partial charge < -0.3 is 14.7 Å². The molecule has 2 heterocycles. The van der Waals surface area contributed by atoms with Crippen molar-refractivity contribution in [2.45, 2.75) is 40.3 Å². The molecule has 4 rings (SSSR count). The number of hydrogen-bond donors (Lipinski definition) is 1. The highest BCUT2D eigenvalue weighted by molar-refractivity contribution is 8.14. The number of thioether (sulfide) groups is 1. The van der Waals surface area contributed by atoms with E-state index in [-0.39, 0.29) is 5.69 Å². The standard InChI is InChI=1S/C28H33N5O4S/c1-17-11-18(2)27(19(3)12-17)31-25-15-22-21-14-24(37-5)23(36-4)13-20(21)7-9-32(22)28(34)33(25)10-8-29-26(38-6)16-30-35/h11-16,35H,7-10H2,1-6H3. The highest BCUT2D eigenvalue weighted by Gasteiger charge is 2.22. The van der Waals surface area contributed by atoms with E-state index in [4.69, 9.17) is 19.7 Å². The number of oxime groups is 1. The Morgan fingerprint density at radius 1 is 1.08 bits per heavy atom. The molecule has 0 radical (unpaired) electrons. The summed E-state index contributed by atoms with van der Waals surface area (Å²) < 4.78 is 14.5. The number of rotatable bonds is 7. The fraction of sp³-hybridized carbons (Fsp3) is 0.357. The lowest BCUT2D eigenvalue weighted by Crippen LogP contribution is -2.42. The normalized spacial score (nSPS) is 13.5. The van der Waals surface area contributed by atoms with Crippen molar-refractivity contribution in [1.82, 2.24) is 9.13 Å². The molecule has 0 atom stereocenters. The molecule has 1 aromatic heterocycles. The van der Waals surface area contributed by atoms with Crippen LogP contribution in [0, 0.1) is 20.8 Å². The summed E-state index contributed by atoms with van der Waals surface area (Å²) in [6.07, 6.45) is 3.83. The van der Waals surface area contributed by atoms with Crippen LogP contribution < -0.4 is 20.7 Å². The van der Waals surface area contributed by atoms with Gasteiger partial charge in [-0.3, -0.25) is 14.1 Å². The summed E-state index contributed by atoms with van der Waals surface area (Å²) in [4.78, 5) is 23.4. The molecule has 38 heavy (non-hydrogen) atoms. The molecule has 1 aliphatic heterocycles. The van der Waals surface area contributed by atoms with Gasteiger partial charge in [0.25, 0.3) is 0 Å². The van der Waals surface area contributed by atoms with Gasteiger partial charge in [-0.05, 0) is 62.3 Å². The van der Waals surface area contributed by atoms with Crippen LogP contribution in [0.15, 0.2) is 50.3 Å². The van der Waals surface area contributed by atoms with Gasteiger partial charge in [0.15, 0.2) is 11.5 Å². The third-order valence-electron chi connectivity index (χ3n) is 6.62. The SMILES string of the molecule is COc1cc2c(cc1OC)-c1cc(=Nc3c(C)cc(C)cc3C)n(CCN=C(C=NO)SC)c(=O)n1CC2. The summed E-state index contributed by atoms with van der Waals surface area (Å²) >= 11 is 1.37. The fourth-order valence-electron chi connectivity index (χ4n) is 4.90. The molecule has 0 aliphatic carbocycles. The Hall–Kier alpha value is -3.79. The number of aryl methyl sites for hydroxylation is 4. The quantitative estimate of drug-likeness (QED) is 0.211. The number of hydrogen-bond acceptors (Lipinski definition) is 8. The number of benzene rings is 2. The van der Waals surface area contributed by atoms with Gasteiger partial charge >= 0.3 is 5.69 Å². The molecule has 1 N–H and O–H groups in total. The average Bonchev–Trinajstić information content (AvgIpc) is 2.90. The molecule has 0 bridgehead atoms. The summed E-state index contributed by atoms with van der Waals surface area (Å²) in [5.41, 5.74) is 7.29. The highest BCUT2D eigenvalue weighted by Crippen LogP contribution is 2.37. The lowest BCUT2D eigenvalue weighted by molar-refractivity contribution is 0.322. The van der Waals surface area contributed by atoms with E-state index in [1.165, 1.54) is 18.0 Å². The first-order valence-electron chi connectivity index (χ1n) is 12.3. The summed E-state index contributed by atoms with van der Waals surface area (Å²) in [5, 5.41) is 12.5. The van der Waals surface area contributed by atoms with E-state index in [2.05, 4.69) is 29.2 Å². The van der Waals surface area contributed by atoms with Crippen LogP contribution in [0.4, 0.5) is 5.69 Å². The van der Waals surface area contributed by atoms with Crippen LogP contribution in [0.2, 0.25) is 0 Å². The average molecular weight is 536 g/mol. The molecule has 1 aliphatic rings. The van der Waals surface area contributed by atoms with Crippen molar-refractivity contribution >= 4 is 28.7 Å². The maximum absolute atomic E-state index is 13.9. The maximum Gasteiger partial charge on any atom is 0.330 e. The monoisotopic (exact) mass is 535 g/mol. The molecule has 0 fully saturated rings. The summed E-state index contributed by atoms with van der Waals surface area (Å²) in [6, 6.07) is 10.1. The van der Waals surface area contributed by atoms with Gasteiger partial charge in [0.2, 0.25) is 0 Å². The number of fused-ring (bicyclic) bond motifs is 3. The van der Waals surface area contributed by atoms with Crippen molar-refractivity contribution < 1.29 is 14.7 Å². The molecule has 0 amide bonds. The van der Waals surface area contributed by atoms with Gasteiger partial charge in [0, 0.05) is 24.7 Å². The molecular weight excluding hydrogens is 502 g/mol. The van der Waals surface area contributed by atoms with E-state index >= 15 is 0 Å². The third-order valence-corrected chi connectivity index (χ3v) is 7.27. The second kappa shape index (κ2) is 11.7. The number of aromatic nitrogens is 2. The summed E-state index contributed by atoms with van der Waals surface area (Å²) in [6.45, 7) is 7.32. The van der Waals surface area contributed by atoms with E-state index in [1.807, 2.05) is 38.3 Å². The van der Waals surface area contributed by atoms with Gasteiger partial charge in [0.1, 0.15) is 10.5 Å². The second-order valence-electron chi connectivity index (χ2n) is 9.12. The zero-order valence-corrected chi connectivity index (χ0v) is 23.4. The van der Waals surface area contributed by atoms with Gasteiger partial charge in [-0.1, -0.05) is 22.9 Å². The Morgan fingerprint density at radius 3 is 2.39 bits per heavy atom. The van der Waals surface area contributed by atoms with Crippen molar-refractivity contribution in [3.05, 3.63) is 68.6 Å². The fourth-order valence-corrected chi connectivity index (χ4v) is 5.27. The predicted octanol–water partition coefficient (Wildman–Crippen LogP) is 4.27. The smallest absolute Gasteiger partial charge is 0.330 e. The topological polar surface area (TPSA) is 103 Å². The zero-order chi connectivity index (χ0) is 27.4. The van der Waals surface area contributed by atoms with E-state index in [9.17, 15) is 4.79 Å². The first-order chi connectivity index (χ1) is 18.3. The minimum absolute atomic E-state index is 0.152. The zero-order valence-electron chi connectivity index (χ0n) is 22.6. The van der Waals surface area contributed by atoms with Crippen LogP contribution in [0.3, 0.4) is 0 Å². The van der Waals surface area contributed by atoms with E-state index < -0.39 is 0 Å². The van der Waals surface area contributed by atoms with E-state index in [1.54, 1.807) is 23.4 Å². The largest absolute Gasteiger partial charge is 0.493 e. The van der Waals surface area contributed by atoms with Crippen molar-refractivity contribution in [1.29, 1.82) is 0 Å².